The molecule has 0 N–H and O–H groups in total. The summed E-state index contributed by atoms with van der Waals surface area (Å²) in [5.74, 6) is 0. The molecule has 0 radical (unpaired) electrons. The fourth-order valence-electron chi connectivity index (χ4n) is 1.87. The van der Waals surface area contributed by atoms with E-state index in [2.05, 4.69) is 25.4 Å². The zero-order valence-electron chi connectivity index (χ0n) is 11.9. The van der Waals surface area contributed by atoms with Crippen LogP contribution in [-0.2, 0) is 0 Å². The molecule has 0 saturated carbocycles. The van der Waals surface area contributed by atoms with Crippen LogP contribution in [0.4, 0.5) is 0 Å². The standard InChI is InChI=1S/C16H10N6O/c17-7-15-14-9-20-19-5-6-23-11-13-4-2-1-3-12(13)8-18-10-16(14)22-21-15/h1-6,8-11H. The van der Waals surface area contributed by atoms with Gasteiger partial charge in [-0.2, -0.15) is 15.5 Å². The van der Waals surface area contributed by atoms with Crippen molar-refractivity contribution in [2.24, 2.45) is 0 Å². The van der Waals surface area contributed by atoms with Gasteiger partial charge in [0.2, 0.25) is 0 Å². The Morgan fingerprint density at radius 3 is 2.70 bits per heavy atom. The summed E-state index contributed by atoms with van der Waals surface area (Å²) in [6, 6.07) is 9.57. The van der Waals surface area contributed by atoms with Gasteiger partial charge in [-0.3, -0.25) is 4.98 Å². The molecule has 0 bridgehead atoms. The Kier molecular flexibility index (Phi) is 4.26. The molecule has 0 fully saturated rings. The van der Waals surface area contributed by atoms with Crippen molar-refractivity contribution in [2.75, 3.05) is 0 Å². The molecule has 0 amide bonds. The lowest BCUT2D eigenvalue weighted by atomic mass is 10.2. The smallest absolute Gasteiger partial charge is 0.174 e. The third-order valence-electron chi connectivity index (χ3n) is 2.96. The number of hydrogen-bond acceptors (Lipinski definition) is 7. The van der Waals surface area contributed by atoms with Crippen LogP contribution in [0.3, 0.4) is 0 Å². The minimum Gasteiger partial charge on any atom is -0.470 e. The molecular weight excluding hydrogens is 292 g/mol. The first kappa shape index (κ1) is 14.3. The number of nitrogens with zero attached hydrogens (tertiary/aromatic N) is 6. The zero-order chi connectivity index (χ0) is 15.9. The molecule has 23 heavy (non-hydrogen) atoms. The number of nitriles is 1. The average Bonchev–Trinajstić information content (AvgIpc) is 2.97. The number of hydrogen-bond donors (Lipinski definition) is 0. The van der Waals surface area contributed by atoms with Gasteiger partial charge in [-0.25, -0.2) is 0 Å². The second-order valence-corrected chi connectivity index (χ2v) is 4.39. The highest BCUT2D eigenvalue weighted by Gasteiger charge is 2.10. The molecule has 7 heteroatoms. The van der Waals surface area contributed by atoms with Crippen LogP contribution in [0.1, 0.15) is 5.69 Å². The van der Waals surface area contributed by atoms with Crippen LogP contribution in [0, 0.1) is 11.3 Å². The van der Waals surface area contributed by atoms with Gasteiger partial charge < -0.3 is 4.42 Å². The Hall–Kier alpha value is -3.66. The third-order valence-corrected chi connectivity index (χ3v) is 2.96. The van der Waals surface area contributed by atoms with E-state index in [1.165, 1.54) is 24.9 Å². The fourth-order valence-corrected chi connectivity index (χ4v) is 1.87. The molecule has 0 aliphatic carbocycles. The fraction of sp³-hybridized carbons (Fsp3) is 0. The molecule has 110 valence electrons. The summed E-state index contributed by atoms with van der Waals surface area (Å²) in [5.41, 5.74) is 1.10. The lowest BCUT2D eigenvalue weighted by Gasteiger charge is -1.90. The Balaban J connectivity index is 2.27. The topological polar surface area (TPSA) is 101 Å². The molecule has 0 unspecified atom stereocenters. The highest BCUT2D eigenvalue weighted by Crippen LogP contribution is 2.17. The van der Waals surface area contributed by atoms with Gasteiger partial charge in [-0.15, -0.1) is 10.2 Å². The van der Waals surface area contributed by atoms with Gasteiger partial charge >= 0.3 is 0 Å². The van der Waals surface area contributed by atoms with Crippen molar-refractivity contribution in [1.82, 2.24) is 25.4 Å². The van der Waals surface area contributed by atoms with Crippen molar-refractivity contribution in [2.45, 2.75) is 0 Å². The van der Waals surface area contributed by atoms with Crippen molar-refractivity contribution in [3.05, 3.63) is 67.3 Å². The highest BCUT2D eigenvalue weighted by molar-refractivity contribution is 5.79. The molecule has 0 saturated heterocycles. The molecule has 1 aromatic carbocycles. The zero-order valence-corrected chi connectivity index (χ0v) is 11.9. The van der Waals surface area contributed by atoms with E-state index in [4.69, 9.17) is 9.68 Å². The Labute approximate surface area is 131 Å². The van der Waals surface area contributed by atoms with E-state index >= 15 is 0 Å². The van der Waals surface area contributed by atoms with E-state index in [0.717, 1.165) is 10.8 Å². The lowest BCUT2D eigenvalue weighted by Crippen LogP contribution is -1.79. The minimum atomic E-state index is 0.173. The van der Waals surface area contributed by atoms with E-state index in [1.54, 1.807) is 12.5 Å². The number of benzene rings is 1. The van der Waals surface area contributed by atoms with Crippen molar-refractivity contribution in [1.29, 1.82) is 5.26 Å². The summed E-state index contributed by atoms with van der Waals surface area (Å²) >= 11 is 0. The summed E-state index contributed by atoms with van der Waals surface area (Å²) < 4.78 is 5.28. The van der Waals surface area contributed by atoms with E-state index in [-0.39, 0.29) is 5.69 Å². The van der Waals surface area contributed by atoms with Gasteiger partial charge in [0.15, 0.2) is 5.69 Å². The Bertz CT molecular complexity index is 959. The maximum absolute atomic E-state index is 9.05. The molecule has 2 aliphatic heterocycles. The highest BCUT2D eigenvalue weighted by atomic mass is 16.3. The van der Waals surface area contributed by atoms with Crippen molar-refractivity contribution in [3.63, 3.8) is 0 Å². The van der Waals surface area contributed by atoms with Gasteiger partial charge in [0, 0.05) is 17.0 Å². The molecule has 0 aromatic heterocycles. The molecule has 7 nitrogen and oxygen atoms in total. The molecule has 2 aliphatic rings. The SMILES string of the molecule is N#Cc1nnc2cncc3ccccc3coccnncc1-2. The maximum atomic E-state index is 9.05. The van der Waals surface area contributed by atoms with Crippen LogP contribution in [0.2, 0.25) is 0 Å². The van der Waals surface area contributed by atoms with Gasteiger partial charge in [-0.1, -0.05) is 24.3 Å². The summed E-state index contributed by atoms with van der Waals surface area (Å²) in [5, 5.41) is 26.1. The van der Waals surface area contributed by atoms with Crippen LogP contribution in [0.15, 0.2) is 66.0 Å². The van der Waals surface area contributed by atoms with Gasteiger partial charge in [0.05, 0.1) is 30.4 Å². The van der Waals surface area contributed by atoms with Crippen LogP contribution < -0.4 is 0 Å². The van der Waals surface area contributed by atoms with Crippen molar-refractivity contribution < 1.29 is 4.42 Å². The summed E-state index contributed by atoms with van der Waals surface area (Å²) in [6.45, 7) is 0. The van der Waals surface area contributed by atoms with E-state index in [9.17, 15) is 0 Å². The first-order valence-electron chi connectivity index (χ1n) is 6.64. The first-order valence-corrected chi connectivity index (χ1v) is 6.64. The van der Waals surface area contributed by atoms with E-state index in [0.29, 0.717) is 11.3 Å². The normalized spacial score (nSPS) is 9.70. The molecule has 3 rings (SSSR count). The van der Waals surface area contributed by atoms with Crippen LogP contribution in [0.5, 0.6) is 0 Å². The lowest BCUT2D eigenvalue weighted by molar-refractivity contribution is 0.556. The van der Waals surface area contributed by atoms with Crippen LogP contribution >= 0.6 is 0 Å². The first-order chi connectivity index (χ1) is 11.4. The van der Waals surface area contributed by atoms with Crippen molar-refractivity contribution >= 4 is 10.8 Å². The predicted molar refractivity (Wildman–Crippen MR) is 81.8 cm³/mol. The molecule has 1 aromatic rings. The molecular formula is C16H10N6O. The summed E-state index contributed by atoms with van der Waals surface area (Å²) in [4.78, 5) is 4.24. The van der Waals surface area contributed by atoms with E-state index < -0.39 is 0 Å². The maximum Gasteiger partial charge on any atom is 0.174 e. The largest absolute Gasteiger partial charge is 0.470 e. The van der Waals surface area contributed by atoms with Gasteiger partial charge in [-0.05, 0) is 0 Å². The monoisotopic (exact) mass is 302 g/mol. The van der Waals surface area contributed by atoms with Crippen LogP contribution in [0.25, 0.3) is 22.0 Å². The van der Waals surface area contributed by atoms with E-state index in [1.807, 2.05) is 30.3 Å². The molecule has 0 spiro atoms. The molecule has 0 atom stereocenters. The van der Waals surface area contributed by atoms with Crippen LogP contribution in [-0.4, -0.2) is 25.4 Å². The molecule has 2 heterocycles. The quantitative estimate of drug-likeness (QED) is 0.629. The minimum absolute atomic E-state index is 0.173. The third kappa shape index (κ3) is 3.33. The Morgan fingerprint density at radius 1 is 0.957 bits per heavy atom. The van der Waals surface area contributed by atoms with Gasteiger partial charge in [0.1, 0.15) is 18.0 Å². The predicted octanol–water partition coefficient (Wildman–Crippen LogP) is 2.63. The average molecular weight is 302 g/mol. The van der Waals surface area contributed by atoms with Crippen molar-refractivity contribution in [3.8, 4) is 17.3 Å². The van der Waals surface area contributed by atoms with Gasteiger partial charge in [0.25, 0.3) is 0 Å². The number of aromatic nitrogens is 5. The Morgan fingerprint density at radius 2 is 1.83 bits per heavy atom. The second-order valence-electron chi connectivity index (χ2n) is 4.39. The number of fused-ring (bicyclic) bond motifs is 2. The second kappa shape index (κ2) is 6.87. The summed E-state index contributed by atoms with van der Waals surface area (Å²) in [7, 11) is 0. The summed E-state index contributed by atoms with van der Waals surface area (Å²) in [6.07, 6.45) is 8.99. The number of rotatable bonds is 0.